The Morgan fingerprint density at radius 1 is 0.857 bits per heavy atom. The monoisotopic (exact) mass is 395 g/mol. The first-order chi connectivity index (χ1) is 12.7. The van der Waals surface area contributed by atoms with Crippen LogP contribution in [0.5, 0.6) is 0 Å². The summed E-state index contributed by atoms with van der Waals surface area (Å²) in [4.78, 5) is 41.5. The lowest BCUT2D eigenvalue weighted by atomic mass is 10.1. The molecule has 28 heavy (non-hydrogen) atoms. The van der Waals surface area contributed by atoms with Crippen molar-refractivity contribution < 1.29 is 28.7 Å². The second kappa shape index (κ2) is 8.92. The van der Waals surface area contributed by atoms with Gasteiger partial charge in [-0.05, 0) is 59.7 Å². The smallest absolute Gasteiger partial charge is 0.412 e. The maximum absolute atomic E-state index is 12.3. The SMILES string of the molecule is CON(C)C(=O)c1ccc(NC(=O)OC(C)(C)C)c(NC(=O)OC(C)(C)C)c1. The van der Waals surface area contributed by atoms with Crippen molar-refractivity contribution in [3.05, 3.63) is 23.8 Å². The fourth-order valence-corrected chi connectivity index (χ4v) is 1.98. The van der Waals surface area contributed by atoms with Gasteiger partial charge >= 0.3 is 12.2 Å². The number of carbonyl (C=O) groups excluding carboxylic acids is 3. The molecular weight excluding hydrogens is 366 g/mol. The van der Waals surface area contributed by atoms with Crippen LogP contribution in [0.25, 0.3) is 0 Å². The van der Waals surface area contributed by atoms with Crippen molar-refractivity contribution in [3.8, 4) is 0 Å². The summed E-state index contributed by atoms with van der Waals surface area (Å²) < 4.78 is 10.5. The van der Waals surface area contributed by atoms with Gasteiger partial charge in [-0.2, -0.15) is 0 Å². The van der Waals surface area contributed by atoms with E-state index in [1.807, 2.05) is 0 Å². The zero-order valence-corrected chi connectivity index (χ0v) is 17.6. The van der Waals surface area contributed by atoms with E-state index in [9.17, 15) is 14.4 Å². The highest BCUT2D eigenvalue weighted by Gasteiger charge is 2.21. The maximum atomic E-state index is 12.3. The van der Waals surface area contributed by atoms with E-state index < -0.39 is 29.3 Å². The highest BCUT2D eigenvalue weighted by molar-refractivity contribution is 6.00. The molecule has 1 rings (SSSR count). The van der Waals surface area contributed by atoms with E-state index in [1.54, 1.807) is 41.5 Å². The van der Waals surface area contributed by atoms with Crippen LogP contribution in [-0.4, -0.2) is 48.5 Å². The summed E-state index contributed by atoms with van der Waals surface area (Å²) in [5.41, 5.74) is -0.746. The fraction of sp³-hybridized carbons (Fsp3) is 0.526. The lowest BCUT2D eigenvalue weighted by Gasteiger charge is -2.22. The van der Waals surface area contributed by atoms with Gasteiger partial charge in [-0.1, -0.05) is 0 Å². The number of amides is 3. The fourth-order valence-electron chi connectivity index (χ4n) is 1.98. The number of hydroxylamine groups is 2. The molecule has 0 bridgehead atoms. The molecule has 0 unspecified atom stereocenters. The second-order valence-corrected chi connectivity index (χ2v) is 8.00. The predicted octanol–water partition coefficient (Wildman–Crippen LogP) is 4.01. The topological polar surface area (TPSA) is 106 Å². The predicted molar refractivity (Wildman–Crippen MR) is 105 cm³/mol. The Morgan fingerprint density at radius 2 is 1.32 bits per heavy atom. The zero-order chi connectivity index (χ0) is 21.7. The van der Waals surface area contributed by atoms with Crippen LogP contribution in [0.2, 0.25) is 0 Å². The van der Waals surface area contributed by atoms with Crippen LogP contribution in [0.3, 0.4) is 0 Å². The molecule has 0 aliphatic rings. The molecule has 156 valence electrons. The molecule has 0 saturated carbocycles. The van der Waals surface area contributed by atoms with Crippen LogP contribution >= 0.6 is 0 Å². The zero-order valence-electron chi connectivity index (χ0n) is 17.6. The normalized spacial score (nSPS) is 11.4. The molecule has 0 atom stereocenters. The summed E-state index contributed by atoms with van der Waals surface area (Å²) >= 11 is 0. The van der Waals surface area contributed by atoms with E-state index >= 15 is 0 Å². The Balaban J connectivity index is 3.17. The van der Waals surface area contributed by atoms with Crippen LogP contribution in [0, 0.1) is 0 Å². The third-order valence-corrected chi connectivity index (χ3v) is 3.10. The molecule has 3 amide bonds. The summed E-state index contributed by atoms with van der Waals surface area (Å²) in [5, 5.41) is 6.14. The van der Waals surface area contributed by atoms with Crippen LogP contribution in [0.15, 0.2) is 18.2 Å². The number of benzene rings is 1. The van der Waals surface area contributed by atoms with Gasteiger partial charge in [-0.15, -0.1) is 0 Å². The number of nitrogens with zero attached hydrogens (tertiary/aromatic N) is 1. The number of nitrogens with one attached hydrogen (secondary N) is 2. The molecule has 0 heterocycles. The van der Waals surface area contributed by atoms with Crippen molar-refractivity contribution >= 4 is 29.5 Å². The van der Waals surface area contributed by atoms with Crippen molar-refractivity contribution in [1.82, 2.24) is 5.06 Å². The summed E-state index contributed by atoms with van der Waals surface area (Å²) in [6.07, 6.45) is -1.43. The molecular formula is C19H29N3O6. The average Bonchev–Trinajstić information content (AvgIpc) is 2.51. The van der Waals surface area contributed by atoms with Crippen LogP contribution in [0.1, 0.15) is 51.9 Å². The van der Waals surface area contributed by atoms with Crippen molar-refractivity contribution in [3.63, 3.8) is 0 Å². The van der Waals surface area contributed by atoms with Gasteiger partial charge in [0.2, 0.25) is 0 Å². The molecule has 0 radical (unpaired) electrons. The van der Waals surface area contributed by atoms with Gasteiger partial charge in [0.05, 0.1) is 18.5 Å². The molecule has 1 aromatic rings. The van der Waals surface area contributed by atoms with Gasteiger partial charge in [-0.3, -0.25) is 20.3 Å². The molecule has 0 saturated heterocycles. The minimum atomic E-state index is -0.732. The number of hydrogen-bond donors (Lipinski definition) is 2. The molecule has 2 N–H and O–H groups in total. The van der Waals surface area contributed by atoms with E-state index in [0.717, 1.165) is 5.06 Å². The lowest BCUT2D eigenvalue weighted by Crippen LogP contribution is -2.29. The number of ether oxygens (including phenoxy) is 2. The van der Waals surface area contributed by atoms with Crippen molar-refractivity contribution in [1.29, 1.82) is 0 Å². The number of rotatable bonds is 4. The summed E-state index contributed by atoms with van der Waals surface area (Å²) in [6.45, 7) is 10.4. The molecule has 0 spiro atoms. The van der Waals surface area contributed by atoms with Gasteiger partial charge < -0.3 is 9.47 Å². The highest BCUT2D eigenvalue weighted by Crippen LogP contribution is 2.26. The van der Waals surface area contributed by atoms with Gasteiger partial charge in [0.1, 0.15) is 11.2 Å². The van der Waals surface area contributed by atoms with E-state index in [4.69, 9.17) is 14.3 Å². The molecule has 0 aliphatic heterocycles. The minimum absolute atomic E-state index is 0.176. The molecule has 0 fully saturated rings. The quantitative estimate of drug-likeness (QED) is 0.746. The third-order valence-electron chi connectivity index (χ3n) is 3.10. The van der Waals surface area contributed by atoms with E-state index in [1.165, 1.54) is 32.4 Å². The lowest BCUT2D eigenvalue weighted by molar-refractivity contribution is -0.0756. The first kappa shape index (κ1) is 23.2. The molecule has 9 nitrogen and oxygen atoms in total. The number of hydrogen-bond acceptors (Lipinski definition) is 6. The van der Waals surface area contributed by atoms with E-state index in [-0.39, 0.29) is 16.9 Å². The van der Waals surface area contributed by atoms with Crippen molar-refractivity contribution in [2.75, 3.05) is 24.8 Å². The van der Waals surface area contributed by atoms with Gasteiger partial charge in [0.25, 0.3) is 5.91 Å². The van der Waals surface area contributed by atoms with Gasteiger partial charge in [-0.25, -0.2) is 14.7 Å². The summed E-state index contributed by atoms with van der Waals surface area (Å²) in [6, 6.07) is 4.38. The molecule has 0 aliphatic carbocycles. The second-order valence-electron chi connectivity index (χ2n) is 8.00. The summed E-state index contributed by atoms with van der Waals surface area (Å²) in [7, 11) is 2.81. The Kier molecular flexibility index (Phi) is 7.40. The number of carbonyl (C=O) groups is 3. The maximum Gasteiger partial charge on any atom is 0.412 e. The summed E-state index contributed by atoms with van der Waals surface area (Å²) in [5.74, 6) is -0.432. The minimum Gasteiger partial charge on any atom is -0.444 e. The first-order valence-electron chi connectivity index (χ1n) is 8.68. The van der Waals surface area contributed by atoms with Crippen LogP contribution in [0.4, 0.5) is 21.0 Å². The Morgan fingerprint density at radius 3 is 1.75 bits per heavy atom. The van der Waals surface area contributed by atoms with E-state index in [0.29, 0.717) is 0 Å². The Hall–Kier alpha value is -2.81. The molecule has 1 aromatic carbocycles. The van der Waals surface area contributed by atoms with Crippen molar-refractivity contribution in [2.45, 2.75) is 52.7 Å². The van der Waals surface area contributed by atoms with Gasteiger partial charge in [0, 0.05) is 12.6 Å². The Bertz CT molecular complexity index is 734. The number of anilines is 2. The van der Waals surface area contributed by atoms with Crippen LogP contribution in [-0.2, 0) is 14.3 Å². The third kappa shape index (κ3) is 7.83. The standard InChI is InChI=1S/C19H29N3O6/c1-18(2,3)27-16(24)20-13-10-9-12(15(23)22(7)26-8)11-14(13)21-17(25)28-19(4,5)6/h9-11H,1-8H3,(H,20,24)(H,21,25). The first-order valence-corrected chi connectivity index (χ1v) is 8.68. The average molecular weight is 395 g/mol. The van der Waals surface area contributed by atoms with Crippen LogP contribution < -0.4 is 10.6 Å². The largest absolute Gasteiger partial charge is 0.444 e. The highest BCUT2D eigenvalue weighted by atomic mass is 16.7. The molecule has 9 heteroatoms. The molecule has 0 aromatic heterocycles. The van der Waals surface area contributed by atoms with E-state index in [2.05, 4.69) is 10.6 Å². The Labute approximate surface area is 165 Å². The van der Waals surface area contributed by atoms with Gasteiger partial charge in [0.15, 0.2) is 0 Å². The van der Waals surface area contributed by atoms with Crippen molar-refractivity contribution in [2.24, 2.45) is 0 Å².